The van der Waals surface area contributed by atoms with E-state index < -0.39 is 10.0 Å². The van der Waals surface area contributed by atoms with E-state index in [1.165, 1.54) is 4.31 Å². The average molecular weight is 510 g/mol. The number of hydrogen-bond acceptors (Lipinski definition) is 6. The number of nitrogens with one attached hydrogen (secondary N) is 1. The van der Waals surface area contributed by atoms with Crippen LogP contribution in [0, 0.1) is 0 Å². The number of hydrogen-bond donors (Lipinski definition) is 1. The lowest BCUT2D eigenvalue weighted by Gasteiger charge is -2.35. The van der Waals surface area contributed by atoms with E-state index in [0.29, 0.717) is 44.7 Å². The maximum Gasteiger partial charge on any atom is 0.243 e. The first-order valence-electron chi connectivity index (χ1n) is 11.8. The highest BCUT2D eigenvalue weighted by Gasteiger charge is 2.29. The molecule has 3 aromatic carbocycles. The van der Waals surface area contributed by atoms with Crippen molar-refractivity contribution in [1.29, 1.82) is 0 Å². The Balaban J connectivity index is 1.31. The number of carbonyl (C=O) groups is 1. The molecular weight excluding hydrogens is 478 g/mol. The SMILES string of the molecule is COc1ccc(CCC(=O)Nc2ccc(S(=O)(=O)N3CCN(c4ccccc4OC)CC3)cc2)cc1. The van der Waals surface area contributed by atoms with Crippen LogP contribution in [-0.4, -0.2) is 59.0 Å². The van der Waals surface area contributed by atoms with Crippen molar-refractivity contribution in [3.05, 3.63) is 78.4 Å². The summed E-state index contributed by atoms with van der Waals surface area (Å²) in [4.78, 5) is 14.7. The molecule has 0 atom stereocenters. The van der Waals surface area contributed by atoms with Crippen molar-refractivity contribution in [2.75, 3.05) is 50.6 Å². The number of ether oxygens (including phenoxy) is 2. The Labute approximate surface area is 212 Å². The summed E-state index contributed by atoms with van der Waals surface area (Å²) in [6.45, 7) is 1.90. The molecule has 0 radical (unpaired) electrons. The summed E-state index contributed by atoms with van der Waals surface area (Å²) in [6, 6.07) is 21.7. The van der Waals surface area contributed by atoms with Gasteiger partial charge in [-0.05, 0) is 60.5 Å². The highest BCUT2D eigenvalue weighted by molar-refractivity contribution is 7.89. The van der Waals surface area contributed by atoms with Crippen LogP contribution in [0.1, 0.15) is 12.0 Å². The number of piperazine rings is 1. The van der Waals surface area contributed by atoms with Crippen LogP contribution in [0.15, 0.2) is 77.7 Å². The van der Waals surface area contributed by atoms with Crippen molar-refractivity contribution < 1.29 is 22.7 Å². The zero-order valence-electron chi connectivity index (χ0n) is 20.5. The van der Waals surface area contributed by atoms with Crippen molar-refractivity contribution in [3.63, 3.8) is 0 Å². The molecule has 3 aromatic rings. The van der Waals surface area contributed by atoms with Crippen LogP contribution in [0.2, 0.25) is 0 Å². The van der Waals surface area contributed by atoms with E-state index in [2.05, 4.69) is 10.2 Å². The van der Waals surface area contributed by atoms with Gasteiger partial charge >= 0.3 is 0 Å². The first-order valence-corrected chi connectivity index (χ1v) is 13.3. The number of anilines is 2. The minimum atomic E-state index is -3.63. The van der Waals surface area contributed by atoms with Crippen molar-refractivity contribution in [3.8, 4) is 11.5 Å². The summed E-state index contributed by atoms with van der Waals surface area (Å²) in [7, 11) is -0.383. The molecule has 4 rings (SSSR count). The molecule has 190 valence electrons. The molecule has 36 heavy (non-hydrogen) atoms. The number of sulfonamides is 1. The molecule has 0 aliphatic carbocycles. The van der Waals surface area contributed by atoms with Gasteiger partial charge in [0.25, 0.3) is 0 Å². The van der Waals surface area contributed by atoms with Crippen LogP contribution in [0.4, 0.5) is 11.4 Å². The summed E-state index contributed by atoms with van der Waals surface area (Å²) < 4.78 is 38.4. The molecule has 1 saturated heterocycles. The molecule has 0 unspecified atom stereocenters. The maximum atomic E-state index is 13.2. The smallest absolute Gasteiger partial charge is 0.243 e. The van der Waals surface area contributed by atoms with Crippen molar-refractivity contribution in [1.82, 2.24) is 4.31 Å². The molecule has 1 N–H and O–H groups in total. The number of nitrogens with zero attached hydrogens (tertiary/aromatic N) is 2. The van der Waals surface area contributed by atoms with Gasteiger partial charge in [-0.1, -0.05) is 24.3 Å². The van der Waals surface area contributed by atoms with E-state index in [0.717, 1.165) is 22.7 Å². The van der Waals surface area contributed by atoms with Gasteiger partial charge in [0.1, 0.15) is 11.5 Å². The molecule has 1 aliphatic heterocycles. The highest BCUT2D eigenvalue weighted by atomic mass is 32.2. The van der Waals surface area contributed by atoms with Crippen LogP contribution in [0.3, 0.4) is 0 Å². The van der Waals surface area contributed by atoms with Crippen LogP contribution in [0.5, 0.6) is 11.5 Å². The molecule has 0 spiro atoms. The maximum absolute atomic E-state index is 13.2. The molecule has 1 amide bonds. The molecule has 1 fully saturated rings. The molecular formula is C27H31N3O5S. The average Bonchev–Trinajstić information content (AvgIpc) is 2.92. The van der Waals surface area contributed by atoms with E-state index >= 15 is 0 Å². The Morgan fingerprint density at radius 1 is 0.861 bits per heavy atom. The topological polar surface area (TPSA) is 88.2 Å². The lowest BCUT2D eigenvalue weighted by atomic mass is 10.1. The van der Waals surface area contributed by atoms with Crippen LogP contribution in [0.25, 0.3) is 0 Å². The summed E-state index contributed by atoms with van der Waals surface area (Å²) in [5, 5.41) is 2.84. The zero-order chi connectivity index (χ0) is 25.5. The quantitative estimate of drug-likeness (QED) is 0.472. The van der Waals surface area contributed by atoms with E-state index in [4.69, 9.17) is 9.47 Å². The monoisotopic (exact) mass is 509 g/mol. The minimum absolute atomic E-state index is 0.131. The van der Waals surface area contributed by atoms with Gasteiger partial charge < -0.3 is 19.7 Å². The molecule has 9 heteroatoms. The number of carbonyl (C=O) groups excluding carboxylic acids is 1. The van der Waals surface area contributed by atoms with Crippen LogP contribution < -0.4 is 19.7 Å². The summed E-state index contributed by atoms with van der Waals surface area (Å²) in [5.41, 5.74) is 2.57. The molecule has 0 aromatic heterocycles. The fourth-order valence-corrected chi connectivity index (χ4v) is 5.62. The van der Waals surface area contributed by atoms with Gasteiger partial charge in [-0.3, -0.25) is 4.79 Å². The molecule has 0 saturated carbocycles. The second-order valence-electron chi connectivity index (χ2n) is 8.48. The summed E-state index contributed by atoms with van der Waals surface area (Å²) in [6.07, 6.45) is 0.923. The van der Waals surface area contributed by atoms with Gasteiger partial charge in [0, 0.05) is 38.3 Å². The second-order valence-corrected chi connectivity index (χ2v) is 10.4. The number of methoxy groups -OCH3 is 2. The highest BCUT2D eigenvalue weighted by Crippen LogP contribution is 2.29. The number of para-hydroxylation sites is 2. The first kappa shape index (κ1) is 25.5. The van der Waals surface area contributed by atoms with E-state index in [1.807, 2.05) is 48.5 Å². The Morgan fingerprint density at radius 2 is 1.53 bits per heavy atom. The van der Waals surface area contributed by atoms with Crippen LogP contribution >= 0.6 is 0 Å². The number of aryl methyl sites for hydroxylation is 1. The second kappa shape index (κ2) is 11.5. The van der Waals surface area contributed by atoms with Gasteiger partial charge in [0.2, 0.25) is 15.9 Å². The van der Waals surface area contributed by atoms with Gasteiger partial charge in [0.15, 0.2) is 0 Å². The van der Waals surface area contributed by atoms with E-state index in [-0.39, 0.29) is 10.8 Å². The standard InChI is InChI=1S/C27H31N3O5S/c1-34-23-12-7-21(8-13-23)9-16-27(31)28-22-10-14-24(15-11-22)36(32,33)30-19-17-29(18-20-30)25-5-3-4-6-26(25)35-2/h3-8,10-15H,9,16-20H2,1-2H3,(H,28,31). The van der Waals surface area contributed by atoms with Gasteiger partial charge in [-0.25, -0.2) is 8.42 Å². The van der Waals surface area contributed by atoms with Crippen LogP contribution in [-0.2, 0) is 21.2 Å². The zero-order valence-corrected chi connectivity index (χ0v) is 21.3. The lowest BCUT2D eigenvalue weighted by molar-refractivity contribution is -0.116. The molecule has 8 nitrogen and oxygen atoms in total. The number of amides is 1. The number of rotatable bonds is 9. The summed E-state index contributed by atoms with van der Waals surface area (Å²) >= 11 is 0. The molecule has 1 heterocycles. The third-order valence-corrected chi connectivity index (χ3v) is 8.15. The summed E-state index contributed by atoms with van der Waals surface area (Å²) in [5.74, 6) is 1.42. The predicted octanol–water partition coefficient (Wildman–Crippen LogP) is 3.79. The molecule has 0 bridgehead atoms. The Bertz CT molecular complexity index is 1270. The third kappa shape index (κ3) is 5.98. The Hall–Kier alpha value is -3.56. The van der Waals surface area contributed by atoms with Crippen molar-refractivity contribution >= 4 is 27.3 Å². The Kier molecular flexibility index (Phi) is 8.12. The third-order valence-electron chi connectivity index (χ3n) is 6.24. The first-order chi connectivity index (χ1) is 17.4. The normalized spacial score (nSPS) is 14.3. The fraction of sp³-hybridized carbons (Fsp3) is 0.296. The van der Waals surface area contributed by atoms with Crippen molar-refractivity contribution in [2.24, 2.45) is 0 Å². The van der Waals surface area contributed by atoms with Gasteiger partial charge in [-0.15, -0.1) is 0 Å². The Morgan fingerprint density at radius 3 is 2.17 bits per heavy atom. The fourth-order valence-electron chi connectivity index (χ4n) is 4.19. The molecule has 1 aliphatic rings. The minimum Gasteiger partial charge on any atom is -0.497 e. The largest absolute Gasteiger partial charge is 0.497 e. The predicted molar refractivity (Wildman–Crippen MR) is 140 cm³/mol. The van der Waals surface area contributed by atoms with Crippen molar-refractivity contribution in [2.45, 2.75) is 17.7 Å². The van der Waals surface area contributed by atoms with E-state index in [1.54, 1.807) is 38.5 Å². The van der Waals surface area contributed by atoms with Gasteiger partial charge in [0.05, 0.1) is 24.8 Å². The lowest BCUT2D eigenvalue weighted by Crippen LogP contribution is -2.48. The van der Waals surface area contributed by atoms with Gasteiger partial charge in [-0.2, -0.15) is 4.31 Å². The van der Waals surface area contributed by atoms with E-state index in [9.17, 15) is 13.2 Å². The number of benzene rings is 3.